The molecule has 0 fully saturated rings. The van der Waals surface area contributed by atoms with Crippen LogP contribution in [0.3, 0.4) is 0 Å². The molecule has 1 amide bonds. The summed E-state index contributed by atoms with van der Waals surface area (Å²) in [6.07, 6.45) is 0. The van der Waals surface area contributed by atoms with E-state index in [1.54, 1.807) is 42.5 Å². The predicted molar refractivity (Wildman–Crippen MR) is 90.2 cm³/mol. The van der Waals surface area contributed by atoms with Gasteiger partial charge in [0.05, 0.1) is 11.3 Å². The quantitative estimate of drug-likeness (QED) is 0.429. The molecule has 0 heterocycles. The average molecular weight is 325 g/mol. The Kier molecular flexibility index (Phi) is 5.40. The number of nitrogens with one attached hydrogen (secondary N) is 2. The van der Waals surface area contributed by atoms with Gasteiger partial charge in [0.25, 0.3) is 5.91 Å². The number of Topliss-reactive ketones (excluding diaryl/α,β-unsaturated/α-hetero) is 1. The van der Waals surface area contributed by atoms with Crippen molar-refractivity contribution in [2.45, 2.75) is 6.92 Å². The zero-order valence-corrected chi connectivity index (χ0v) is 12.8. The van der Waals surface area contributed by atoms with Crippen molar-refractivity contribution in [2.24, 2.45) is 5.10 Å². The number of ketones is 1. The van der Waals surface area contributed by atoms with Gasteiger partial charge in [0.15, 0.2) is 11.5 Å². The van der Waals surface area contributed by atoms with Crippen LogP contribution < -0.4 is 10.7 Å². The number of nitrogens with zero attached hydrogens (tertiary/aromatic N) is 1. The number of rotatable bonds is 6. The number of carbonyl (C=O) groups excluding carboxylic acids is 2. The monoisotopic (exact) mass is 325 g/mol. The fourth-order valence-electron chi connectivity index (χ4n) is 1.88. The highest BCUT2D eigenvalue weighted by atomic mass is 16.4. The van der Waals surface area contributed by atoms with E-state index in [2.05, 4.69) is 15.8 Å². The minimum atomic E-state index is -1.15. The molecule has 0 atom stereocenters. The van der Waals surface area contributed by atoms with Crippen molar-refractivity contribution in [3.05, 3.63) is 60.2 Å². The Morgan fingerprint density at radius 1 is 0.958 bits per heavy atom. The van der Waals surface area contributed by atoms with Crippen LogP contribution in [-0.4, -0.2) is 28.5 Å². The normalized spacial score (nSPS) is 10.8. The Morgan fingerprint density at radius 3 is 2.21 bits per heavy atom. The first-order chi connectivity index (χ1) is 11.5. The Hall–Kier alpha value is -3.48. The molecule has 3 N–H and O–H groups in total. The van der Waals surface area contributed by atoms with E-state index in [0.29, 0.717) is 5.69 Å². The first-order valence-corrected chi connectivity index (χ1v) is 7.02. The van der Waals surface area contributed by atoms with Crippen LogP contribution in [0.2, 0.25) is 0 Å². The van der Waals surface area contributed by atoms with Gasteiger partial charge >= 0.3 is 5.97 Å². The molecule has 0 aliphatic carbocycles. The van der Waals surface area contributed by atoms with Crippen LogP contribution in [0, 0.1) is 0 Å². The molecule has 24 heavy (non-hydrogen) atoms. The van der Waals surface area contributed by atoms with Gasteiger partial charge in [0.2, 0.25) is 0 Å². The summed E-state index contributed by atoms with van der Waals surface area (Å²) in [6, 6.07) is 14.7. The number of carboxylic acids is 1. The van der Waals surface area contributed by atoms with Crippen molar-refractivity contribution in [2.75, 3.05) is 10.7 Å². The van der Waals surface area contributed by atoms with Crippen LogP contribution in [0.25, 0.3) is 0 Å². The average Bonchev–Trinajstić information content (AvgIpc) is 2.56. The molecule has 7 nitrogen and oxygen atoms in total. The summed E-state index contributed by atoms with van der Waals surface area (Å²) < 4.78 is 0. The molecule has 2 aromatic rings. The predicted octanol–water partition coefficient (Wildman–Crippen LogP) is 2.38. The van der Waals surface area contributed by atoms with Crippen molar-refractivity contribution in [1.82, 2.24) is 0 Å². The van der Waals surface area contributed by atoms with Crippen LogP contribution in [0.5, 0.6) is 0 Å². The first kappa shape index (κ1) is 16.9. The molecule has 0 aliphatic heterocycles. The third kappa shape index (κ3) is 4.26. The van der Waals surface area contributed by atoms with Crippen LogP contribution in [0.15, 0.2) is 59.7 Å². The van der Waals surface area contributed by atoms with Crippen LogP contribution in [0.4, 0.5) is 11.4 Å². The maximum absolute atomic E-state index is 12.2. The molecule has 0 bridgehead atoms. The van der Waals surface area contributed by atoms with Gasteiger partial charge in [-0.15, -0.1) is 0 Å². The molecule has 0 saturated carbocycles. The SMILES string of the molecule is CC(=O)/C(=N/Nc1ccccc1C(=O)O)C(=O)Nc1ccccc1. The van der Waals surface area contributed by atoms with Gasteiger partial charge in [-0.05, 0) is 24.3 Å². The fraction of sp³-hybridized carbons (Fsp3) is 0.0588. The number of hydrogen-bond donors (Lipinski definition) is 3. The number of hydrogen-bond acceptors (Lipinski definition) is 5. The number of hydrazone groups is 1. The Bertz CT molecular complexity index is 800. The van der Waals surface area contributed by atoms with E-state index >= 15 is 0 Å². The molecular weight excluding hydrogens is 310 g/mol. The summed E-state index contributed by atoms with van der Waals surface area (Å²) in [5.41, 5.74) is 2.78. The lowest BCUT2D eigenvalue weighted by Gasteiger charge is -2.08. The number of amides is 1. The Morgan fingerprint density at radius 2 is 1.58 bits per heavy atom. The fourth-order valence-corrected chi connectivity index (χ4v) is 1.88. The van der Waals surface area contributed by atoms with Gasteiger partial charge in [-0.2, -0.15) is 5.10 Å². The molecule has 0 aliphatic rings. The highest BCUT2D eigenvalue weighted by Crippen LogP contribution is 2.15. The molecule has 0 unspecified atom stereocenters. The van der Waals surface area contributed by atoms with Gasteiger partial charge in [0.1, 0.15) is 0 Å². The third-order valence-electron chi connectivity index (χ3n) is 3.03. The van der Waals surface area contributed by atoms with E-state index in [-0.39, 0.29) is 17.0 Å². The zero-order chi connectivity index (χ0) is 17.5. The van der Waals surface area contributed by atoms with E-state index in [9.17, 15) is 14.4 Å². The van der Waals surface area contributed by atoms with Crippen molar-refractivity contribution < 1.29 is 19.5 Å². The van der Waals surface area contributed by atoms with Crippen LogP contribution in [-0.2, 0) is 9.59 Å². The van der Waals surface area contributed by atoms with E-state index in [4.69, 9.17) is 5.11 Å². The second-order valence-electron chi connectivity index (χ2n) is 4.80. The number of carbonyl (C=O) groups is 3. The van der Waals surface area contributed by atoms with Gasteiger partial charge < -0.3 is 10.4 Å². The Balaban J connectivity index is 2.22. The number of aromatic carboxylic acids is 1. The van der Waals surface area contributed by atoms with Crippen molar-refractivity contribution in [3.8, 4) is 0 Å². The summed E-state index contributed by atoms with van der Waals surface area (Å²) in [7, 11) is 0. The summed E-state index contributed by atoms with van der Waals surface area (Å²) in [6.45, 7) is 1.20. The topological polar surface area (TPSA) is 108 Å². The smallest absolute Gasteiger partial charge is 0.337 e. The minimum absolute atomic E-state index is 0.0207. The summed E-state index contributed by atoms with van der Waals surface area (Å²) >= 11 is 0. The van der Waals surface area contributed by atoms with E-state index < -0.39 is 17.7 Å². The second-order valence-corrected chi connectivity index (χ2v) is 4.80. The highest BCUT2D eigenvalue weighted by molar-refractivity contribution is 6.67. The van der Waals surface area contributed by atoms with E-state index in [1.165, 1.54) is 19.1 Å². The van der Waals surface area contributed by atoms with Gasteiger partial charge in [-0.3, -0.25) is 15.0 Å². The third-order valence-corrected chi connectivity index (χ3v) is 3.03. The Labute approximate surface area is 138 Å². The molecule has 7 heteroatoms. The van der Waals surface area contributed by atoms with Gasteiger partial charge in [-0.1, -0.05) is 30.3 Å². The molecule has 0 spiro atoms. The van der Waals surface area contributed by atoms with Crippen LogP contribution >= 0.6 is 0 Å². The van der Waals surface area contributed by atoms with Crippen molar-refractivity contribution in [1.29, 1.82) is 0 Å². The molecule has 2 aromatic carbocycles. The number of benzene rings is 2. The molecule has 122 valence electrons. The van der Waals surface area contributed by atoms with Gasteiger partial charge in [0, 0.05) is 12.6 Å². The number of carboxylic acid groups (broad SMARTS) is 1. The largest absolute Gasteiger partial charge is 0.478 e. The maximum Gasteiger partial charge on any atom is 0.337 e. The molecule has 2 rings (SSSR count). The molecular formula is C17H15N3O4. The summed E-state index contributed by atoms with van der Waals surface area (Å²) in [5.74, 6) is -2.39. The minimum Gasteiger partial charge on any atom is -0.478 e. The highest BCUT2D eigenvalue weighted by Gasteiger charge is 2.17. The molecule has 0 saturated heterocycles. The van der Waals surface area contributed by atoms with Gasteiger partial charge in [-0.25, -0.2) is 4.79 Å². The first-order valence-electron chi connectivity index (χ1n) is 7.02. The van der Waals surface area contributed by atoms with Crippen molar-refractivity contribution >= 4 is 34.7 Å². The number of anilines is 2. The number of para-hydroxylation sites is 2. The lowest BCUT2D eigenvalue weighted by atomic mass is 10.2. The maximum atomic E-state index is 12.2. The standard InChI is InChI=1S/C17H15N3O4/c1-11(21)15(16(22)18-12-7-3-2-4-8-12)20-19-14-10-6-5-9-13(14)17(23)24/h2-10,19H,1H3,(H,18,22)(H,23,24)/b20-15-. The second kappa shape index (κ2) is 7.68. The van der Waals surface area contributed by atoms with E-state index in [1.807, 2.05) is 0 Å². The van der Waals surface area contributed by atoms with E-state index in [0.717, 1.165) is 0 Å². The lowest BCUT2D eigenvalue weighted by molar-refractivity contribution is -0.114. The summed E-state index contributed by atoms with van der Waals surface area (Å²) in [5, 5.41) is 15.4. The molecule has 0 radical (unpaired) electrons. The lowest BCUT2D eigenvalue weighted by Crippen LogP contribution is -2.29. The van der Waals surface area contributed by atoms with Crippen LogP contribution in [0.1, 0.15) is 17.3 Å². The summed E-state index contributed by atoms with van der Waals surface area (Å²) in [4.78, 5) is 35.0. The van der Waals surface area contributed by atoms with Crippen molar-refractivity contribution in [3.63, 3.8) is 0 Å². The molecule has 0 aromatic heterocycles. The zero-order valence-electron chi connectivity index (χ0n) is 12.8.